The third-order valence-electron chi connectivity index (χ3n) is 21.1. The van der Waals surface area contributed by atoms with Crippen molar-refractivity contribution in [3.8, 4) is 0 Å². The number of hydrogen-bond acceptors (Lipinski definition) is 14. The SMILES string of the molecule is CC(C)(C)c1ccc([S+](c2ccc(C(C)(C)C)cc2)c2ccc(C(C)(C)C)cc2)cc1.CS(=O)(=O)c1ccc(S(=O)(=O)[O-])cc1.Cc1ccc([S+](c2ccccc2)c2ccc(C)cc2)cc1.Cc1ccc([S+](c2ccccc2)c2ccccc2)cc1.Cc1ccccc1S(=O)(=O)[O-].O=S(=O)([O-])c1c(F)c(F)c(F)c(F)c1F.O=S(=O)([O-])c1cc(F)c(Br)cc1F.c1ccc([S+](c2ccccc2)c2ccccc2)cc1. The molecule has 0 radical (unpaired) electrons. The molecule has 0 spiro atoms. The fourth-order valence-electron chi connectivity index (χ4n) is 13.5. The van der Waals surface area contributed by atoms with Gasteiger partial charge in [-0.05, 0) is 270 Å². The van der Waals surface area contributed by atoms with Gasteiger partial charge in [-0.1, -0.05) is 279 Å². The maximum Gasteiger partial charge on any atom is 0.200 e. The van der Waals surface area contributed by atoms with Gasteiger partial charge in [-0.25, -0.2) is 72.8 Å². The molecule has 16 rings (SSSR count). The smallest absolute Gasteiger partial charge is 0.200 e. The summed E-state index contributed by atoms with van der Waals surface area (Å²) in [5, 5.41) is 0. The first-order chi connectivity index (χ1) is 67.5. The molecule has 16 aromatic carbocycles. The predicted molar refractivity (Wildman–Crippen MR) is 559 cm³/mol. The molecule has 144 heavy (non-hydrogen) atoms. The molecule has 0 saturated heterocycles. The number of hydrogen-bond donors (Lipinski definition) is 0. The van der Waals surface area contributed by atoms with Crippen LogP contribution >= 0.6 is 15.9 Å². The van der Waals surface area contributed by atoms with Gasteiger partial charge < -0.3 is 18.2 Å². The van der Waals surface area contributed by atoms with Crippen molar-refractivity contribution in [1.29, 1.82) is 0 Å². The summed E-state index contributed by atoms with van der Waals surface area (Å²) in [6.07, 6.45) is 0.994. The Bertz CT molecular complexity index is 7140. The van der Waals surface area contributed by atoms with Crippen LogP contribution in [0.3, 0.4) is 0 Å². The van der Waals surface area contributed by atoms with Gasteiger partial charge in [-0.3, -0.25) is 0 Å². The first-order valence-electron chi connectivity index (χ1n) is 44.2. The third-order valence-corrected chi connectivity index (χ3v) is 35.3. The molecule has 16 aromatic rings. The summed E-state index contributed by atoms with van der Waals surface area (Å²) >= 11 is 2.64. The molecule has 0 heterocycles. The molecule has 0 aliphatic rings. The fraction of sp³-hybridized carbons (Fsp3) is 0.150. The van der Waals surface area contributed by atoms with E-state index in [9.17, 15) is 91.0 Å². The van der Waals surface area contributed by atoms with Gasteiger partial charge in [-0.2, -0.15) is 0 Å². The Kier molecular flexibility index (Phi) is 41.5. The minimum Gasteiger partial charge on any atom is -0.744 e. The van der Waals surface area contributed by atoms with Crippen molar-refractivity contribution in [3.63, 3.8) is 0 Å². The van der Waals surface area contributed by atoms with Crippen LogP contribution in [0.15, 0.2) is 476 Å². The molecule has 0 unspecified atom stereocenters. The average Bonchev–Trinajstić information content (AvgIpc) is 0.793. The molecule has 752 valence electrons. The second kappa shape index (κ2) is 51.5. The standard InChI is InChI=1S/C30H39S.C20H19S.C19H17S.C18H15S.C7H8O5S2.C7H8O3S.C6H3BrF2O3S.C6HF5O3S/c1-28(2,3)22-10-16-25(17-11-22)31(26-18-12-23(13-19-26)29(4,5)6)27-20-14-24(15-21-27)30(7,8)9;1-16-8-12-19(13-9-16)21(18-6-4-3-5-7-18)20-14-10-17(2)11-15-20;1-16-12-14-19(15-13-16)20(17-8-4-2-5-9-17)18-10-6-3-7-11-18;1-4-10-16(11-5-1)19(17-12-6-2-7-13-17)18-14-8-3-9-15-18;1-13(8,9)6-2-4-7(5-3-6)14(10,11)12;1-6-4-2-3-5-7(6)11(8,9)10;7-3-1-5(9)6(2-4(3)8)13(10,11)12;7-1-2(8)4(10)6(15(12,13)14)5(11)3(1)9/h10-21H,1-9H3;3-15H,1-2H3;2-15H,1H3;1-15H;2-5H,1H3,(H,10,11,12);2-5H,1H3,(H,8,9,10);1-2H,(H,10,11,12);(H,12,13,14)/q4*+1;;;;/p-4. The molecule has 31 heteroatoms. The highest BCUT2D eigenvalue weighted by Gasteiger charge is 2.35. The molecule has 0 aliphatic heterocycles. The zero-order valence-electron chi connectivity index (χ0n) is 80.9. The quantitative estimate of drug-likeness (QED) is 0.0270. The molecule has 0 aliphatic carbocycles. The van der Waals surface area contributed by atoms with E-state index in [1.807, 2.05) is 0 Å². The summed E-state index contributed by atoms with van der Waals surface area (Å²) in [4.78, 5) is 12.2. The lowest BCUT2D eigenvalue weighted by atomic mass is 9.87. The van der Waals surface area contributed by atoms with Gasteiger partial charge in [0, 0.05) is 6.26 Å². The molecule has 0 bridgehead atoms. The van der Waals surface area contributed by atoms with Crippen molar-refractivity contribution in [2.24, 2.45) is 0 Å². The summed E-state index contributed by atoms with van der Waals surface area (Å²) in [7, 11) is -23.1. The lowest BCUT2D eigenvalue weighted by Crippen LogP contribution is -2.13. The zero-order chi connectivity index (χ0) is 106. The number of sulfone groups is 1. The van der Waals surface area contributed by atoms with Crippen LogP contribution in [0, 0.1) is 68.4 Å². The van der Waals surface area contributed by atoms with Crippen molar-refractivity contribution in [2.75, 3.05) is 6.26 Å². The molecular formula is C113H106BrF7O14S9. The Morgan fingerprint density at radius 2 is 0.451 bits per heavy atom. The van der Waals surface area contributed by atoms with E-state index in [2.05, 4.69) is 427 Å². The van der Waals surface area contributed by atoms with Crippen LogP contribution in [0.4, 0.5) is 30.7 Å². The fourth-order valence-corrected chi connectivity index (χ4v) is 25.0. The highest BCUT2D eigenvalue weighted by molar-refractivity contribution is 9.10. The van der Waals surface area contributed by atoms with Crippen LogP contribution in [0.25, 0.3) is 0 Å². The topological polar surface area (TPSA) is 263 Å². The van der Waals surface area contributed by atoms with Crippen molar-refractivity contribution in [1.82, 2.24) is 0 Å². The van der Waals surface area contributed by atoms with Gasteiger partial charge in [0.1, 0.15) is 57.0 Å². The summed E-state index contributed by atoms with van der Waals surface area (Å²) < 4.78 is 234. The average molecular weight is 2190 g/mol. The number of benzene rings is 16. The van der Waals surface area contributed by atoms with Crippen molar-refractivity contribution < 1.29 is 91.0 Å². The second-order valence-electron chi connectivity index (χ2n) is 35.3. The van der Waals surface area contributed by atoms with E-state index in [1.54, 1.807) is 19.1 Å². The summed E-state index contributed by atoms with van der Waals surface area (Å²) in [5.74, 6) is -15.1. The van der Waals surface area contributed by atoms with Gasteiger partial charge in [-0.15, -0.1) is 0 Å². The Morgan fingerprint density at radius 3 is 0.660 bits per heavy atom. The molecule has 0 fully saturated rings. The Labute approximate surface area is 861 Å². The monoisotopic (exact) mass is 2190 g/mol. The molecule has 0 amide bonds. The van der Waals surface area contributed by atoms with Gasteiger partial charge in [0.05, 0.1) is 67.6 Å². The zero-order valence-corrected chi connectivity index (χ0v) is 89.8. The normalized spacial score (nSPS) is 11.7. The van der Waals surface area contributed by atoms with Gasteiger partial charge >= 0.3 is 0 Å². The Balaban J connectivity index is 0.000000187. The maximum atomic E-state index is 12.8. The van der Waals surface area contributed by atoms with Crippen LogP contribution < -0.4 is 0 Å². The van der Waals surface area contributed by atoms with Crippen molar-refractivity contribution in [2.45, 2.75) is 189 Å². The van der Waals surface area contributed by atoms with E-state index in [1.165, 1.54) is 104 Å². The summed E-state index contributed by atoms with van der Waals surface area (Å²) in [6, 6.07) is 130. The summed E-state index contributed by atoms with van der Waals surface area (Å²) in [6.45, 7) is 28.5. The van der Waals surface area contributed by atoms with E-state index < -0.39 is 106 Å². The molecular weight excluding hydrogens is 2080 g/mol. The maximum absolute atomic E-state index is 12.8. The lowest BCUT2D eigenvalue weighted by molar-refractivity contribution is 0.350. The Morgan fingerprint density at radius 1 is 0.236 bits per heavy atom. The Hall–Kier alpha value is -11.5. The summed E-state index contributed by atoms with van der Waals surface area (Å²) in [5.41, 5.74) is 9.04. The molecule has 0 atom stereocenters. The predicted octanol–water partition coefficient (Wildman–Crippen LogP) is 27.8. The van der Waals surface area contributed by atoms with Crippen LogP contribution in [0.1, 0.15) is 101 Å². The third kappa shape index (κ3) is 34.1. The van der Waals surface area contributed by atoms with Gasteiger partial charge in [0.25, 0.3) is 0 Å². The van der Waals surface area contributed by atoms with Gasteiger partial charge in [0.2, 0.25) is 5.82 Å². The van der Waals surface area contributed by atoms with E-state index in [-0.39, 0.29) is 74.1 Å². The van der Waals surface area contributed by atoms with Crippen LogP contribution in [-0.4, -0.2) is 66.6 Å². The van der Waals surface area contributed by atoms with Gasteiger partial charge in [0.15, 0.2) is 91.9 Å². The minimum atomic E-state index is -5.77. The second-order valence-corrected chi connectivity index (χ2v) is 51.7. The lowest BCUT2D eigenvalue weighted by Gasteiger charge is -2.21. The molecule has 0 N–H and O–H groups in total. The van der Waals surface area contributed by atoms with E-state index in [0.29, 0.717) is 17.7 Å². The largest absolute Gasteiger partial charge is 0.744 e. The van der Waals surface area contributed by atoms with Crippen LogP contribution in [0.5, 0.6) is 0 Å². The molecule has 0 saturated carbocycles. The van der Waals surface area contributed by atoms with Crippen molar-refractivity contribution >= 4 is 110 Å². The molecule has 0 aromatic heterocycles. The number of halogens is 8. The number of rotatable bonds is 17. The number of aryl methyl sites for hydroxylation is 4. The van der Waals surface area contributed by atoms with E-state index in [0.717, 1.165) is 30.5 Å². The van der Waals surface area contributed by atoms with Crippen LogP contribution in [-0.2, 0) is 110 Å². The van der Waals surface area contributed by atoms with Crippen LogP contribution in [0.2, 0.25) is 0 Å². The first kappa shape index (κ1) is 116. The first-order valence-corrected chi connectivity index (χ1v) is 57.4. The minimum absolute atomic E-state index is 0.0146. The van der Waals surface area contributed by atoms with E-state index in [4.69, 9.17) is 0 Å². The highest BCUT2D eigenvalue weighted by Crippen LogP contribution is 2.39. The highest BCUT2D eigenvalue weighted by atomic mass is 79.9. The van der Waals surface area contributed by atoms with E-state index >= 15 is 0 Å². The molecule has 14 nitrogen and oxygen atoms in total. The van der Waals surface area contributed by atoms with Crippen molar-refractivity contribution in [3.05, 3.63) is 472 Å².